The van der Waals surface area contributed by atoms with Gasteiger partial charge in [-0.05, 0) is 50.4 Å². The zero-order valence-electron chi connectivity index (χ0n) is 10.5. The summed E-state index contributed by atoms with van der Waals surface area (Å²) in [5.74, 6) is 1.45. The molecule has 0 aromatic heterocycles. The largest absolute Gasteiger partial charge is 0.275 e. The van der Waals surface area contributed by atoms with Gasteiger partial charge in [-0.1, -0.05) is 0 Å². The molecule has 17 heavy (non-hydrogen) atoms. The number of hydrogen-bond donors (Lipinski definition) is 0. The van der Waals surface area contributed by atoms with Gasteiger partial charge in [-0.3, -0.25) is 9.63 Å². The first kappa shape index (κ1) is 11.8. The van der Waals surface area contributed by atoms with Crippen LogP contribution in [0.25, 0.3) is 0 Å². The van der Waals surface area contributed by atoms with Gasteiger partial charge in [-0.25, -0.2) is 5.06 Å². The van der Waals surface area contributed by atoms with E-state index in [4.69, 9.17) is 16.4 Å². The van der Waals surface area contributed by atoms with E-state index in [1.807, 2.05) is 0 Å². The molecule has 96 valence electrons. The van der Waals surface area contributed by atoms with Crippen LogP contribution in [-0.2, 0) is 9.63 Å². The van der Waals surface area contributed by atoms with Crippen molar-refractivity contribution in [2.24, 2.45) is 17.3 Å². The molecule has 0 saturated heterocycles. The second kappa shape index (κ2) is 3.61. The highest BCUT2D eigenvalue weighted by molar-refractivity contribution is 6.24. The number of carbonyl (C=O) groups is 1. The molecular weight excluding hydrogens is 238 g/mol. The second-order valence-electron chi connectivity index (χ2n) is 6.38. The monoisotopic (exact) mass is 257 g/mol. The summed E-state index contributed by atoms with van der Waals surface area (Å²) in [6, 6.07) is 0. The Hall–Kier alpha value is -0.280. The van der Waals surface area contributed by atoms with Crippen molar-refractivity contribution >= 4 is 17.5 Å². The molecule has 4 rings (SSSR count). The number of rotatable bonds is 2. The van der Waals surface area contributed by atoms with Gasteiger partial charge < -0.3 is 0 Å². The first-order valence-electron chi connectivity index (χ1n) is 6.48. The van der Waals surface area contributed by atoms with Crippen LogP contribution in [-0.4, -0.2) is 30.0 Å². The Kier molecular flexibility index (Phi) is 2.50. The molecule has 0 spiro atoms. The SMILES string of the molecule is CON(C)C(=O)C12CC3CC(CC(Cl)(C3)C1)C2. The molecule has 0 N–H and O–H groups in total. The average molecular weight is 258 g/mol. The number of carbonyl (C=O) groups excluding carboxylic acids is 1. The molecule has 0 aromatic carbocycles. The van der Waals surface area contributed by atoms with E-state index >= 15 is 0 Å². The third-order valence-electron chi connectivity index (χ3n) is 5.00. The van der Waals surface area contributed by atoms with Gasteiger partial charge in [-0.2, -0.15) is 0 Å². The van der Waals surface area contributed by atoms with Gasteiger partial charge >= 0.3 is 0 Å². The molecule has 4 saturated carbocycles. The predicted molar refractivity (Wildman–Crippen MR) is 65.5 cm³/mol. The Balaban J connectivity index is 1.90. The molecule has 4 bridgehead atoms. The Bertz CT molecular complexity index is 343. The lowest BCUT2D eigenvalue weighted by Crippen LogP contribution is -2.58. The second-order valence-corrected chi connectivity index (χ2v) is 7.18. The summed E-state index contributed by atoms with van der Waals surface area (Å²) in [5.41, 5.74) is -0.226. The number of alkyl halides is 1. The van der Waals surface area contributed by atoms with E-state index in [9.17, 15) is 4.79 Å². The lowest BCUT2D eigenvalue weighted by molar-refractivity contribution is -0.192. The molecule has 0 heterocycles. The number of amides is 1. The fourth-order valence-corrected chi connectivity index (χ4v) is 5.51. The first-order chi connectivity index (χ1) is 7.96. The van der Waals surface area contributed by atoms with Crippen molar-refractivity contribution in [3.63, 3.8) is 0 Å². The summed E-state index contributed by atoms with van der Waals surface area (Å²) in [5, 5.41) is 1.40. The van der Waals surface area contributed by atoms with E-state index in [0.717, 1.165) is 32.1 Å². The minimum Gasteiger partial charge on any atom is -0.275 e. The lowest BCUT2D eigenvalue weighted by Gasteiger charge is -2.59. The molecule has 0 radical (unpaired) electrons. The summed E-state index contributed by atoms with van der Waals surface area (Å²) in [6.07, 6.45) is 6.38. The molecule has 4 fully saturated rings. The fraction of sp³-hybridized carbons (Fsp3) is 0.923. The summed E-state index contributed by atoms with van der Waals surface area (Å²) in [6.45, 7) is 0. The molecule has 1 amide bonds. The number of nitrogens with zero attached hydrogens (tertiary/aromatic N) is 1. The standard InChI is InChI=1S/C13H20ClNO2/c1-15(17-2)11(16)12-4-9-3-10(5-12)7-13(14,6-9)8-12/h9-10H,3-8H2,1-2H3. The van der Waals surface area contributed by atoms with Crippen LogP contribution in [0, 0.1) is 17.3 Å². The molecule has 0 aliphatic heterocycles. The molecular formula is C13H20ClNO2. The maximum Gasteiger partial charge on any atom is 0.252 e. The van der Waals surface area contributed by atoms with E-state index in [0.29, 0.717) is 11.8 Å². The topological polar surface area (TPSA) is 29.5 Å². The van der Waals surface area contributed by atoms with Crippen molar-refractivity contribution in [3.8, 4) is 0 Å². The Labute approximate surface area is 107 Å². The Morgan fingerprint density at radius 2 is 1.88 bits per heavy atom. The molecule has 0 aromatic rings. The van der Waals surface area contributed by atoms with Crippen molar-refractivity contribution < 1.29 is 9.63 Å². The minimum atomic E-state index is -0.226. The van der Waals surface area contributed by atoms with Gasteiger partial charge in [-0.15, -0.1) is 11.6 Å². The van der Waals surface area contributed by atoms with Crippen LogP contribution in [0.3, 0.4) is 0 Å². The molecule has 2 unspecified atom stereocenters. The van der Waals surface area contributed by atoms with Gasteiger partial charge in [0.1, 0.15) is 0 Å². The number of hydroxylamine groups is 2. The van der Waals surface area contributed by atoms with Crippen LogP contribution in [0.4, 0.5) is 0 Å². The van der Waals surface area contributed by atoms with Gasteiger partial charge in [0, 0.05) is 11.9 Å². The highest BCUT2D eigenvalue weighted by Gasteiger charge is 2.60. The quantitative estimate of drug-likeness (QED) is 0.562. The summed E-state index contributed by atoms with van der Waals surface area (Å²) in [7, 11) is 3.26. The predicted octanol–water partition coefficient (Wildman–Crippen LogP) is 2.58. The van der Waals surface area contributed by atoms with Crippen molar-refractivity contribution in [1.29, 1.82) is 0 Å². The highest BCUT2D eigenvalue weighted by atomic mass is 35.5. The van der Waals surface area contributed by atoms with Gasteiger partial charge in [0.15, 0.2) is 0 Å². The molecule has 3 nitrogen and oxygen atoms in total. The van der Waals surface area contributed by atoms with Gasteiger partial charge in [0.2, 0.25) is 0 Å². The molecule has 4 aliphatic carbocycles. The van der Waals surface area contributed by atoms with Gasteiger partial charge in [0.25, 0.3) is 5.91 Å². The smallest absolute Gasteiger partial charge is 0.252 e. The minimum absolute atomic E-state index is 0.103. The number of hydrogen-bond acceptors (Lipinski definition) is 2. The Morgan fingerprint density at radius 1 is 1.29 bits per heavy atom. The van der Waals surface area contributed by atoms with Crippen LogP contribution in [0.2, 0.25) is 0 Å². The summed E-state index contributed by atoms with van der Waals surface area (Å²) < 4.78 is 0. The summed E-state index contributed by atoms with van der Waals surface area (Å²) >= 11 is 6.70. The number of halogens is 1. The van der Waals surface area contributed by atoms with Crippen LogP contribution >= 0.6 is 11.6 Å². The van der Waals surface area contributed by atoms with E-state index in [-0.39, 0.29) is 16.2 Å². The zero-order chi connectivity index (χ0) is 12.3. The van der Waals surface area contributed by atoms with E-state index < -0.39 is 0 Å². The molecule has 4 heteroatoms. The summed E-state index contributed by atoms with van der Waals surface area (Å²) in [4.78, 5) is 17.5. The normalized spacial score (nSPS) is 47.2. The van der Waals surface area contributed by atoms with Crippen LogP contribution in [0.1, 0.15) is 38.5 Å². The van der Waals surface area contributed by atoms with E-state index in [1.165, 1.54) is 11.5 Å². The Morgan fingerprint density at radius 3 is 2.35 bits per heavy atom. The average Bonchev–Trinajstić information content (AvgIpc) is 2.23. The first-order valence-corrected chi connectivity index (χ1v) is 6.85. The van der Waals surface area contributed by atoms with Gasteiger partial charge in [0.05, 0.1) is 12.5 Å². The highest BCUT2D eigenvalue weighted by Crippen LogP contribution is 2.64. The van der Waals surface area contributed by atoms with Crippen molar-refractivity contribution in [1.82, 2.24) is 5.06 Å². The molecule has 4 aliphatic rings. The van der Waals surface area contributed by atoms with Crippen LogP contribution in [0.5, 0.6) is 0 Å². The fourth-order valence-electron chi connectivity index (χ4n) is 4.82. The van der Waals surface area contributed by atoms with Crippen molar-refractivity contribution in [2.75, 3.05) is 14.2 Å². The van der Waals surface area contributed by atoms with Crippen molar-refractivity contribution in [2.45, 2.75) is 43.4 Å². The van der Waals surface area contributed by atoms with Crippen LogP contribution in [0.15, 0.2) is 0 Å². The molecule has 2 atom stereocenters. The lowest BCUT2D eigenvalue weighted by atomic mass is 9.49. The van der Waals surface area contributed by atoms with Crippen LogP contribution < -0.4 is 0 Å². The third-order valence-corrected chi connectivity index (χ3v) is 5.45. The zero-order valence-corrected chi connectivity index (χ0v) is 11.3. The van der Waals surface area contributed by atoms with Crippen molar-refractivity contribution in [3.05, 3.63) is 0 Å². The maximum absolute atomic E-state index is 12.5. The third kappa shape index (κ3) is 1.70. The van der Waals surface area contributed by atoms with E-state index in [1.54, 1.807) is 14.2 Å². The maximum atomic E-state index is 12.5. The van der Waals surface area contributed by atoms with E-state index in [2.05, 4.69) is 0 Å².